The Bertz CT molecular complexity index is 854. The van der Waals surface area contributed by atoms with Crippen LogP contribution in [0.3, 0.4) is 0 Å². The van der Waals surface area contributed by atoms with Crippen LogP contribution in [0.25, 0.3) is 0 Å². The lowest BCUT2D eigenvalue weighted by molar-refractivity contribution is -0.716. The van der Waals surface area contributed by atoms with Crippen molar-refractivity contribution in [3.8, 4) is 5.75 Å². The van der Waals surface area contributed by atoms with Crippen molar-refractivity contribution < 1.29 is 37.9 Å². The summed E-state index contributed by atoms with van der Waals surface area (Å²) in [6.45, 7) is 11.9. The van der Waals surface area contributed by atoms with Crippen LogP contribution in [-0.4, -0.2) is 42.3 Å². The molecule has 3 N–H and O–H groups in total. The lowest BCUT2D eigenvalue weighted by Gasteiger charge is -2.21. The minimum absolute atomic E-state index is 0. The number of esters is 2. The standard InChI is InChI=1S/C15H23N2O7P.C9H19NO2.ClH/c1-4-13(5-2)11-22-15(18)12(3)16-25(21,24-17(19)20)23-14-9-7-6-8-10-14;1-4-8(5-2)6-12-9(11)7(3)10;/h6-10,12-13H,4-5,11H2,1-3H3,(H,16,21);7-8H,4-6,10H2,1-3H3;1H/t12-,25-;7-;/m00./s1. The van der Waals surface area contributed by atoms with Gasteiger partial charge in [-0.05, 0) is 37.8 Å². The van der Waals surface area contributed by atoms with Crippen molar-refractivity contribution in [3.63, 3.8) is 0 Å². The van der Waals surface area contributed by atoms with Gasteiger partial charge in [0.05, 0.1) is 13.2 Å². The van der Waals surface area contributed by atoms with Gasteiger partial charge < -0.3 is 19.7 Å². The summed E-state index contributed by atoms with van der Waals surface area (Å²) >= 11 is 0. The summed E-state index contributed by atoms with van der Waals surface area (Å²) < 4.78 is 31.9. The molecule has 0 heterocycles. The lowest BCUT2D eigenvalue weighted by Crippen LogP contribution is -2.36. The monoisotopic (exact) mass is 583 g/mol. The van der Waals surface area contributed by atoms with Crippen LogP contribution in [-0.2, 0) is 28.3 Å². The predicted octanol–water partition coefficient (Wildman–Crippen LogP) is 5.07. The van der Waals surface area contributed by atoms with Gasteiger partial charge in [0.1, 0.15) is 17.8 Å². The molecule has 1 aromatic rings. The number of ether oxygens (including phenoxy) is 2. The first-order chi connectivity index (χ1) is 17.4. The Morgan fingerprint density at radius 2 is 1.39 bits per heavy atom. The SMILES string of the molecule is CCC(CC)COC(=O)[C@H](C)N.CCC(CC)COC(=O)[C@H](C)N[P@](=O)(Oc1ccccc1)O[N+](=O)[O-].Cl. The van der Waals surface area contributed by atoms with E-state index < -0.39 is 30.9 Å². The van der Waals surface area contributed by atoms with Crippen LogP contribution >= 0.6 is 20.2 Å². The first-order valence-electron chi connectivity index (χ1n) is 12.5. The number of nitrogens with one attached hydrogen (secondary N) is 1. The van der Waals surface area contributed by atoms with E-state index in [1.165, 1.54) is 19.1 Å². The molecular formula is C24H43ClN3O9P. The highest BCUT2D eigenvalue weighted by Gasteiger charge is 2.35. The van der Waals surface area contributed by atoms with E-state index in [1.54, 1.807) is 25.1 Å². The molecule has 220 valence electrons. The summed E-state index contributed by atoms with van der Waals surface area (Å²) in [7, 11) is -4.42. The third-order valence-corrected chi connectivity index (χ3v) is 6.96. The molecule has 0 aliphatic heterocycles. The Morgan fingerprint density at radius 1 is 0.947 bits per heavy atom. The lowest BCUT2D eigenvalue weighted by atomic mass is 10.1. The van der Waals surface area contributed by atoms with Gasteiger partial charge in [0.15, 0.2) is 0 Å². The van der Waals surface area contributed by atoms with Crippen molar-refractivity contribution in [2.24, 2.45) is 17.6 Å². The average molecular weight is 584 g/mol. The first-order valence-corrected chi connectivity index (χ1v) is 14.0. The molecule has 0 aliphatic rings. The highest BCUT2D eigenvalue weighted by Crippen LogP contribution is 2.44. The van der Waals surface area contributed by atoms with Gasteiger partial charge in [0, 0.05) is 0 Å². The molecule has 1 rings (SSSR count). The fourth-order valence-corrected chi connectivity index (χ4v) is 4.06. The van der Waals surface area contributed by atoms with Crippen molar-refractivity contribution in [2.45, 2.75) is 79.3 Å². The molecule has 1 aromatic carbocycles. The molecule has 38 heavy (non-hydrogen) atoms. The Morgan fingerprint density at radius 3 is 1.79 bits per heavy atom. The molecule has 12 nitrogen and oxygen atoms in total. The van der Waals surface area contributed by atoms with Gasteiger partial charge in [-0.1, -0.05) is 71.6 Å². The number of hydrogen-bond acceptors (Lipinski definition) is 10. The smallest absolute Gasteiger partial charge is 0.464 e. The Hall–Kier alpha value is -2.40. The number of para-hydroxylation sites is 1. The summed E-state index contributed by atoms with van der Waals surface area (Å²) in [6.07, 6.45) is 3.79. The van der Waals surface area contributed by atoms with E-state index in [2.05, 4.69) is 23.6 Å². The van der Waals surface area contributed by atoms with Crippen LogP contribution in [0.15, 0.2) is 30.3 Å². The number of carbonyl (C=O) groups is 2. The molecule has 0 radical (unpaired) electrons. The van der Waals surface area contributed by atoms with Crippen molar-refractivity contribution >= 4 is 32.1 Å². The van der Waals surface area contributed by atoms with Crippen molar-refractivity contribution in [2.75, 3.05) is 13.2 Å². The largest absolute Gasteiger partial charge is 0.491 e. The molecule has 3 atom stereocenters. The average Bonchev–Trinajstić information content (AvgIpc) is 2.85. The summed E-state index contributed by atoms with van der Waals surface area (Å²) in [5.74, 6) is -0.207. The summed E-state index contributed by atoms with van der Waals surface area (Å²) in [5, 5.41) is 11.6. The fourth-order valence-electron chi connectivity index (χ4n) is 2.77. The van der Waals surface area contributed by atoms with Gasteiger partial charge in [-0.25, -0.2) is 9.65 Å². The highest BCUT2D eigenvalue weighted by molar-refractivity contribution is 7.52. The Kier molecular flexibility index (Phi) is 20.4. The zero-order valence-corrected chi connectivity index (χ0v) is 24.7. The number of halogens is 1. The van der Waals surface area contributed by atoms with Gasteiger partial charge in [0.25, 0.3) is 0 Å². The third kappa shape index (κ3) is 16.4. The second kappa shape index (κ2) is 20.5. The van der Waals surface area contributed by atoms with Crippen LogP contribution < -0.4 is 15.3 Å². The normalized spacial score (nSPS) is 13.6. The molecule has 0 saturated carbocycles. The van der Waals surface area contributed by atoms with Crippen LogP contribution in [0.1, 0.15) is 67.2 Å². The first kappa shape index (κ1) is 37.8. The topological polar surface area (TPSA) is 169 Å². The molecule has 0 amide bonds. The number of benzene rings is 1. The maximum atomic E-state index is 12.6. The number of nitrogens with zero attached hydrogens (tertiary/aromatic N) is 1. The molecule has 0 fully saturated rings. The van der Waals surface area contributed by atoms with E-state index in [4.69, 9.17) is 19.7 Å². The Balaban J connectivity index is 0. The van der Waals surface area contributed by atoms with Crippen molar-refractivity contribution in [1.29, 1.82) is 0 Å². The molecular weight excluding hydrogens is 541 g/mol. The summed E-state index contributed by atoms with van der Waals surface area (Å²) in [5.41, 5.74) is 5.33. The van der Waals surface area contributed by atoms with E-state index in [9.17, 15) is 24.3 Å². The molecule has 0 saturated heterocycles. The van der Waals surface area contributed by atoms with Gasteiger partial charge in [-0.3, -0.25) is 9.59 Å². The zero-order chi connectivity index (χ0) is 28.4. The van der Waals surface area contributed by atoms with Gasteiger partial charge in [-0.2, -0.15) is 4.62 Å². The Labute approximate surface area is 231 Å². The zero-order valence-electron chi connectivity index (χ0n) is 23.0. The summed E-state index contributed by atoms with van der Waals surface area (Å²) in [6, 6.07) is 6.17. The predicted molar refractivity (Wildman–Crippen MR) is 146 cm³/mol. The van der Waals surface area contributed by atoms with Crippen molar-refractivity contribution in [3.05, 3.63) is 40.4 Å². The molecule has 0 spiro atoms. The minimum atomic E-state index is -4.42. The van der Waals surface area contributed by atoms with E-state index in [1.807, 2.05) is 13.8 Å². The van der Waals surface area contributed by atoms with E-state index in [-0.39, 0.29) is 36.7 Å². The fraction of sp³-hybridized carbons (Fsp3) is 0.667. The second-order valence-electron chi connectivity index (χ2n) is 8.47. The van der Waals surface area contributed by atoms with E-state index >= 15 is 0 Å². The number of rotatable bonds is 16. The van der Waals surface area contributed by atoms with Crippen LogP contribution in [0, 0.1) is 22.0 Å². The van der Waals surface area contributed by atoms with Crippen molar-refractivity contribution in [1.82, 2.24) is 5.09 Å². The molecule has 14 heteroatoms. The molecule has 0 bridgehead atoms. The van der Waals surface area contributed by atoms with Gasteiger partial charge in [-0.15, -0.1) is 22.5 Å². The molecule has 0 aliphatic carbocycles. The quantitative estimate of drug-likeness (QED) is 0.115. The minimum Gasteiger partial charge on any atom is -0.464 e. The van der Waals surface area contributed by atoms with Crippen LogP contribution in [0.4, 0.5) is 0 Å². The summed E-state index contributed by atoms with van der Waals surface area (Å²) in [4.78, 5) is 33.6. The second-order valence-corrected chi connectivity index (χ2v) is 10.1. The van der Waals surface area contributed by atoms with Gasteiger partial charge in [0.2, 0.25) is 0 Å². The van der Waals surface area contributed by atoms with Crippen LogP contribution in [0.5, 0.6) is 5.75 Å². The third-order valence-electron chi connectivity index (χ3n) is 5.45. The highest BCUT2D eigenvalue weighted by atomic mass is 35.5. The van der Waals surface area contributed by atoms with E-state index in [0.717, 1.165) is 25.7 Å². The number of carbonyl (C=O) groups excluding carboxylic acids is 2. The maximum Gasteiger partial charge on any atom is 0.491 e. The maximum absolute atomic E-state index is 12.6. The number of nitrogens with two attached hydrogens (primary N) is 1. The van der Waals surface area contributed by atoms with E-state index in [0.29, 0.717) is 12.5 Å². The van der Waals surface area contributed by atoms with Gasteiger partial charge >= 0.3 is 24.8 Å². The molecule has 0 aromatic heterocycles. The molecule has 0 unspecified atom stereocenters. The number of hydrogen-bond donors (Lipinski definition) is 2. The van der Waals surface area contributed by atoms with Crippen LogP contribution in [0.2, 0.25) is 0 Å².